The Hall–Kier alpha value is -4.95. The van der Waals surface area contributed by atoms with E-state index in [9.17, 15) is 28.8 Å². The van der Waals surface area contributed by atoms with Crippen LogP contribution in [0.1, 0.15) is 104 Å². The van der Waals surface area contributed by atoms with Crippen molar-refractivity contribution < 1.29 is 38.2 Å². The van der Waals surface area contributed by atoms with Crippen molar-refractivity contribution >= 4 is 35.7 Å². The summed E-state index contributed by atoms with van der Waals surface area (Å²) in [5.74, 6) is -2.51. The molecule has 1 saturated carbocycles. The molecule has 4 rings (SSSR count). The van der Waals surface area contributed by atoms with Gasteiger partial charge in [-0.3, -0.25) is 19.2 Å². The number of nitrogens with zero attached hydrogens (tertiary/aromatic N) is 3. The zero-order valence-electron chi connectivity index (χ0n) is 34.0. The lowest BCUT2D eigenvalue weighted by atomic mass is 9.84. The summed E-state index contributed by atoms with van der Waals surface area (Å²) in [5.41, 5.74) is -0.770. The summed E-state index contributed by atoms with van der Waals surface area (Å²) in [7, 11) is 3.05. The molecule has 0 unspecified atom stereocenters. The van der Waals surface area contributed by atoms with Crippen molar-refractivity contribution in [2.75, 3.05) is 13.7 Å². The third kappa shape index (κ3) is 12.8. The van der Waals surface area contributed by atoms with E-state index in [4.69, 9.17) is 9.47 Å². The number of amides is 5. The second kappa shape index (κ2) is 19.8. The van der Waals surface area contributed by atoms with Gasteiger partial charge in [-0.05, 0) is 71.8 Å². The number of likely N-dealkylation sites (tertiary alicyclic amines) is 1. The van der Waals surface area contributed by atoms with Crippen LogP contribution in [-0.4, -0.2) is 99.1 Å². The van der Waals surface area contributed by atoms with Gasteiger partial charge in [0, 0.05) is 38.3 Å². The number of imidazole rings is 1. The van der Waals surface area contributed by atoms with E-state index >= 15 is 0 Å². The van der Waals surface area contributed by atoms with Gasteiger partial charge in [-0.2, -0.15) is 0 Å². The smallest absolute Gasteiger partial charge is 0.408 e. The lowest BCUT2D eigenvalue weighted by molar-refractivity contribution is -0.146. The summed E-state index contributed by atoms with van der Waals surface area (Å²) >= 11 is 0. The zero-order valence-corrected chi connectivity index (χ0v) is 34.0. The fourth-order valence-corrected chi connectivity index (χ4v) is 7.34. The number of piperidine rings is 1. The minimum Gasteiger partial charge on any atom is -0.467 e. The van der Waals surface area contributed by atoms with Gasteiger partial charge in [0.1, 0.15) is 35.3 Å². The quantitative estimate of drug-likeness (QED) is 0.196. The summed E-state index contributed by atoms with van der Waals surface area (Å²) < 4.78 is 12.2. The summed E-state index contributed by atoms with van der Waals surface area (Å²) in [6, 6.07) is 5.33. The number of benzene rings is 1. The summed E-state index contributed by atoms with van der Waals surface area (Å²) in [4.78, 5) is 87.5. The number of esters is 1. The maximum atomic E-state index is 14.2. The van der Waals surface area contributed by atoms with Crippen LogP contribution in [0.15, 0.2) is 42.9 Å². The first-order valence-electron chi connectivity index (χ1n) is 19.8. The van der Waals surface area contributed by atoms with Gasteiger partial charge in [0.2, 0.25) is 23.6 Å². The Morgan fingerprint density at radius 1 is 0.839 bits per heavy atom. The molecule has 2 aromatic rings. The molecule has 1 aromatic heterocycles. The molecule has 4 N–H and O–H groups in total. The summed E-state index contributed by atoms with van der Waals surface area (Å²) in [6.45, 7) is 8.55. The molecular formula is C41H61N7O8. The molecule has 0 bridgehead atoms. The van der Waals surface area contributed by atoms with Crippen molar-refractivity contribution in [3.63, 3.8) is 0 Å². The van der Waals surface area contributed by atoms with Gasteiger partial charge in [0.25, 0.3) is 0 Å². The van der Waals surface area contributed by atoms with E-state index in [-0.39, 0.29) is 25.3 Å². The van der Waals surface area contributed by atoms with E-state index < -0.39 is 71.0 Å². The van der Waals surface area contributed by atoms with E-state index in [0.29, 0.717) is 31.4 Å². The Morgan fingerprint density at radius 2 is 1.52 bits per heavy atom. The number of aryl methyl sites for hydroxylation is 1. The maximum Gasteiger partial charge on any atom is 0.408 e. The molecule has 0 radical (unpaired) electrons. The molecule has 1 aromatic carbocycles. The first-order chi connectivity index (χ1) is 26.5. The van der Waals surface area contributed by atoms with Crippen LogP contribution < -0.4 is 21.3 Å². The van der Waals surface area contributed by atoms with Gasteiger partial charge in [0.05, 0.1) is 13.4 Å². The zero-order chi connectivity index (χ0) is 41.0. The third-order valence-corrected chi connectivity index (χ3v) is 10.4. The minimum atomic E-state index is -1.50. The van der Waals surface area contributed by atoms with Crippen LogP contribution in [-0.2, 0) is 53.3 Å². The first kappa shape index (κ1) is 43.8. The highest BCUT2D eigenvalue weighted by atomic mass is 16.6. The number of aromatic nitrogens is 2. The average molecular weight is 780 g/mol. The number of carbonyl (C=O) groups is 6. The van der Waals surface area contributed by atoms with E-state index in [1.165, 1.54) is 12.0 Å². The highest BCUT2D eigenvalue weighted by Crippen LogP contribution is 2.28. The van der Waals surface area contributed by atoms with E-state index in [2.05, 4.69) is 26.3 Å². The lowest BCUT2D eigenvalue weighted by Crippen LogP contribution is -2.64. The predicted octanol–water partition coefficient (Wildman–Crippen LogP) is 3.49. The van der Waals surface area contributed by atoms with Gasteiger partial charge < -0.3 is 40.2 Å². The molecule has 1 saturated heterocycles. The second-order valence-corrected chi connectivity index (χ2v) is 16.6. The van der Waals surface area contributed by atoms with Crippen LogP contribution in [0.2, 0.25) is 0 Å². The van der Waals surface area contributed by atoms with Gasteiger partial charge in [-0.25, -0.2) is 14.6 Å². The molecule has 4 atom stereocenters. The lowest BCUT2D eigenvalue weighted by Gasteiger charge is -2.39. The Morgan fingerprint density at radius 3 is 2.14 bits per heavy atom. The second-order valence-electron chi connectivity index (χ2n) is 16.6. The molecule has 15 heteroatoms. The van der Waals surface area contributed by atoms with Crippen LogP contribution in [0.4, 0.5) is 4.79 Å². The largest absolute Gasteiger partial charge is 0.467 e. The highest BCUT2D eigenvalue weighted by molar-refractivity contribution is 5.97. The van der Waals surface area contributed by atoms with Crippen molar-refractivity contribution in [3.05, 3.63) is 54.1 Å². The van der Waals surface area contributed by atoms with Crippen LogP contribution in [0.25, 0.3) is 0 Å². The van der Waals surface area contributed by atoms with Crippen molar-refractivity contribution in [3.8, 4) is 0 Å². The fraction of sp³-hybridized carbons (Fsp3) is 0.634. The van der Waals surface area contributed by atoms with Gasteiger partial charge in [0.15, 0.2) is 0 Å². The monoisotopic (exact) mass is 779 g/mol. The van der Waals surface area contributed by atoms with Crippen LogP contribution in [0.3, 0.4) is 0 Å². The molecule has 5 amide bonds. The van der Waals surface area contributed by atoms with Crippen molar-refractivity contribution in [1.29, 1.82) is 0 Å². The number of rotatable bonds is 15. The van der Waals surface area contributed by atoms with Gasteiger partial charge >= 0.3 is 12.1 Å². The van der Waals surface area contributed by atoms with E-state index in [1.807, 2.05) is 30.3 Å². The first-order valence-corrected chi connectivity index (χ1v) is 19.8. The van der Waals surface area contributed by atoms with E-state index in [0.717, 1.165) is 37.7 Å². The molecule has 1 aliphatic carbocycles. The summed E-state index contributed by atoms with van der Waals surface area (Å²) in [5, 5.41) is 11.3. The SMILES string of the molecule is COC(=O)[C@H](Cc1ccccc1)NC(=O)[C@H](CC1CCCCC1)NC(=O)C(C)(C)NC(=O)[C@H]1CCCCN1C(=O)[C@H](Cc1cncn1C)NC(=O)OC(C)(C)C. The fourth-order valence-electron chi connectivity index (χ4n) is 7.34. The van der Waals surface area contributed by atoms with Gasteiger partial charge in [-0.1, -0.05) is 62.4 Å². The highest BCUT2D eigenvalue weighted by Gasteiger charge is 2.41. The Balaban J connectivity index is 1.50. The molecule has 56 heavy (non-hydrogen) atoms. The van der Waals surface area contributed by atoms with Crippen molar-refractivity contribution in [1.82, 2.24) is 35.7 Å². The summed E-state index contributed by atoms with van der Waals surface area (Å²) in [6.07, 6.45) is 9.81. The number of carbonyl (C=O) groups excluding carboxylic acids is 6. The molecule has 1 aliphatic heterocycles. The van der Waals surface area contributed by atoms with Crippen LogP contribution in [0.5, 0.6) is 0 Å². The van der Waals surface area contributed by atoms with Crippen LogP contribution in [0, 0.1) is 5.92 Å². The number of methoxy groups -OCH3 is 1. The maximum absolute atomic E-state index is 14.2. The normalized spacial score (nSPS) is 18.1. The molecular weight excluding hydrogens is 718 g/mol. The third-order valence-electron chi connectivity index (χ3n) is 10.4. The van der Waals surface area contributed by atoms with E-state index in [1.54, 1.807) is 58.8 Å². The number of nitrogens with one attached hydrogen (secondary N) is 4. The van der Waals surface area contributed by atoms with Gasteiger partial charge in [-0.15, -0.1) is 0 Å². The number of alkyl carbamates (subject to hydrolysis) is 1. The Bertz CT molecular complexity index is 1660. The van der Waals surface area contributed by atoms with Crippen molar-refractivity contribution in [2.24, 2.45) is 13.0 Å². The molecule has 2 fully saturated rings. The molecule has 2 aliphatic rings. The average Bonchev–Trinajstić information content (AvgIpc) is 3.56. The topological polar surface area (TPSA) is 190 Å². The number of hydrogen-bond donors (Lipinski definition) is 4. The predicted molar refractivity (Wildman–Crippen MR) is 209 cm³/mol. The molecule has 2 heterocycles. The minimum absolute atomic E-state index is 0.111. The molecule has 0 spiro atoms. The standard InChI is InChI=1S/C41H61N7O8/c1-40(2,3)56-39(54)45-31(24-29-25-42-26-47(29)6)36(51)48-21-15-14-20-33(48)35(50)46-41(4,5)38(53)44-30(22-27-16-10-8-11-17-27)34(49)43-32(37(52)55-7)23-28-18-12-9-13-19-28/h9,12-13,18-19,25-27,30-33H,8,10-11,14-17,20-24H2,1-7H3,(H,43,49)(H,44,53)(H,45,54)(H,46,50)/t30-,31-,32-,33+/m0/s1. The molecule has 15 nitrogen and oxygen atoms in total. The van der Waals surface area contributed by atoms with Crippen molar-refractivity contribution in [2.45, 2.75) is 141 Å². The Kier molecular flexibility index (Phi) is 15.5. The number of hydrogen-bond acceptors (Lipinski definition) is 9. The van der Waals surface area contributed by atoms with Crippen LogP contribution >= 0.6 is 0 Å². The Labute approximate surface area is 330 Å². The molecule has 308 valence electrons. The number of ether oxygens (including phenoxy) is 2.